The second kappa shape index (κ2) is 3.81. The van der Waals surface area contributed by atoms with Crippen LogP contribution in [0.5, 0.6) is 0 Å². The molecule has 0 aliphatic rings. The van der Waals surface area contributed by atoms with E-state index >= 15 is 0 Å². The average molecular weight is 147 g/mol. The smallest absolute Gasteiger partial charge is 0.0413 e. The standard InChI is InChI=1S/C10H13N/c1-3-9(2)11-10-7-5-4-6-8-10/h3-9,11H,1H2,2H3/t9-/m0/s1. The summed E-state index contributed by atoms with van der Waals surface area (Å²) in [4.78, 5) is 0. The van der Waals surface area contributed by atoms with Gasteiger partial charge < -0.3 is 5.32 Å². The highest BCUT2D eigenvalue weighted by atomic mass is 14.9. The molecule has 0 saturated heterocycles. The van der Waals surface area contributed by atoms with Gasteiger partial charge in [0.2, 0.25) is 0 Å². The molecule has 0 radical (unpaired) electrons. The summed E-state index contributed by atoms with van der Waals surface area (Å²) in [7, 11) is 0. The summed E-state index contributed by atoms with van der Waals surface area (Å²) in [5.74, 6) is 0. The largest absolute Gasteiger partial charge is 0.379 e. The first kappa shape index (κ1) is 7.86. The summed E-state index contributed by atoms with van der Waals surface area (Å²) < 4.78 is 0. The summed E-state index contributed by atoms with van der Waals surface area (Å²) in [6.07, 6.45) is 1.88. The molecule has 0 aromatic heterocycles. The van der Waals surface area contributed by atoms with Crippen molar-refractivity contribution >= 4 is 5.69 Å². The maximum atomic E-state index is 3.69. The molecule has 0 aliphatic heterocycles. The fraction of sp³-hybridized carbons (Fsp3) is 0.200. The number of anilines is 1. The van der Waals surface area contributed by atoms with Gasteiger partial charge in [0.25, 0.3) is 0 Å². The summed E-state index contributed by atoms with van der Waals surface area (Å²) in [5, 5.41) is 3.27. The molecule has 1 rings (SSSR count). The van der Waals surface area contributed by atoms with Crippen molar-refractivity contribution in [3.05, 3.63) is 43.0 Å². The first-order valence-corrected chi connectivity index (χ1v) is 3.77. The predicted octanol–water partition coefficient (Wildman–Crippen LogP) is 2.67. The normalized spacial score (nSPS) is 12.1. The molecule has 1 N–H and O–H groups in total. The fourth-order valence-electron chi connectivity index (χ4n) is 0.856. The second-order valence-electron chi connectivity index (χ2n) is 2.53. The summed E-state index contributed by atoms with van der Waals surface area (Å²) in [6.45, 7) is 5.76. The third kappa shape index (κ3) is 2.46. The molecule has 1 nitrogen and oxygen atoms in total. The quantitative estimate of drug-likeness (QED) is 0.648. The molecule has 0 spiro atoms. The van der Waals surface area contributed by atoms with Gasteiger partial charge in [-0.2, -0.15) is 0 Å². The van der Waals surface area contributed by atoms with E-state index < -0.39 is 0 Å². The molecule has 11 heavy (non-hydrogen) atoms. The van der Waals surface area contributed by atoms with E-state index in [1.807, 2.05) is 36.4 Å². The molecule has 1 heteroatoms. The number of hydrogen-bond acceptors (Lipinski definition) is 1. The van der Waals surface area contributed by atoms with Gasteiger partial charge in [-0.3, -0.25) is 0 Å². The Hall–Kier alpha value is -1.24. The SMILES string of the molecule is C=C[C@H](C)Nc1ccccc1. The van der Waals surface area contributed by atoms with Gasteiger partial charge in [-0.15, -0.1) is 6.58 Å². The van der Waals surface area contributed by atoms with Crippen LogP contribution in [0.1, 0.15) is 6.92 Å². The Morgan fingerprint density at radius 1 is 1.36 bits per heavy atom. The highest BCUT2D eigenvalue weighted by Crippen LogP contribution is 2.06. The Morgan fingerprint density at radius 2 is 2.00 bits per heavy atom. The van der Waals surface area contributed by atoms with Gasteiger partial charge >= 0.3 is 0 Å². The lowest BCUT2D eigenvalue weighted by molar-refractivity contribution is 1.00. The van der Waals surface area contributed by atoms with Gasteiger partial charge in [-0.05, 0) is 19.1 Å². The van der Waals surface area contributed by atoms with E-state index in [-0.39, 0.29) is 0 Å². The van der Waals surface area contributed by atoms with Gasteiger partial charge in [-0.25, -0.2) is 0 Å². The average Bonchev–Trinajstić information content (AvgIpc) is 2.06. The molecule has 0 bridgehead atoms. The van der Waals surface area contributed by atoms with Crippen LogP contribution in [0, 0.1) is 0 Å². The molecule has 0 aliphatic carbocycles. The van der Waals surface area contributed by atoms with Crippen LogP contribution in [0.2, 0.25) is 0 Å². The lowest BCUT2D eigenvalue weighted by Gasteiger charge is -2.09. The van der Waals surface area contributed by atoms with Crippen LogP contribution < -0.4 is 5.32 Å². The number of para-hydroxylation sites is 1. The van der Waals surface area contributed by atoms with E-state index in [9.17, 15) is 0 Å². The molecule has 0 saturated carbocycles. The topological polar surface area (TPSA) is 12.0 Å². The highest BCUT2D eigenvalue weighted by Gasteiger charge is 1.92. The maximum Gasteiger partial charge on any atom is 0.0413 e. The van der Waals surface area contributed by atoms with Crippen LogP contribution in [0.4, 0.5) is 5.69 Å². The predicted molar refractivity (Wildman–Crippen MR) is 49.7 cm³/mol. The van der Waals surface area contributed by atoms with Crippen molar-refractivity contribution in [3.8, 4) is 0 Å². The number of hydrogen-bond donors (Lipinski definition) is 1. The third-order valence-electron chi connectivity index (χ3n) is 1.52. The molecule has 1 atom stereocenters. The Kier molecular flexibility index (Phi) is 2.73. The molecule has 58 valence electrons. The van der Waals surface area contributed by atoms with E-state index in [1.54, 1.807) is 0 Å². The Labute approximate surface area is 67.8 Å². The molecule has 0 fully saturated rings. The van der Waals surface area contributed by atoms with Crippen LogP contribution in [-0.2, 0) is 0 Å². The minimum atomic E-state index is 0.331. The highest BCUT2D eigenvalue weighted by molar-refractivity contribution is 5.43. The lowest BCUT2D eigenvalue weighted by atomic mass is 10.3. The first-order chi connectivity index (χ1) is 5.33. The monoisotopic (exact) mass is 147 g/mol. The van der Waals surface area contributed by atoms with Gasteiger partial charge in [0, 0.05) is 11.7 Å². The first-order valence-electron chi connectivity index (χ1n) is 3.77. The van der Waals surface area contributed by atoms with Crippen LogP contribution in [0.15, 0.2) is 43.0 Å². The van der Waals surface area contributed by atoms with Crippen molar-refractivity contribution < 1.29 is 0 Å². The molecule has 0 unspecified atom stereocenters. The molecule has 0 heterocycles. The van der Waals surface area contributed by atoms with Gasteiger partial charge in [0.15, 0.2) is 0 Å². The zero-order valence-corrected chi connectivity index (χ0v) is 6.75. The van der Waals surface area contributed by atoms with Crippen LogP contribution in [0.3, 0.4) is 0 Å². The third-order valence-corrected chi connectivity index (χ3v) is 1.52. The zero-order valence-electron chi connectivity index (χ0n) is 6.75. The van der Waals surface area contributed by atoms with E-state index in [0.717, 1.165) is 5.69 Å². The molecule has 1 aromatic carbocycles. The van der Waals surface area contributed by atoms with Crippen molar-refractivity contribution in [2.75, 3.05) is 5.32 Å². The molecular formula is C10H13N. The lowest BCUT2D eigenvalue weighted by Crippen LogP contribution is -2.10. The van der Waals surface area contributed by atoms with E-state index in [1.165, 1.54) is 0 Å². The van der Waals surface area contributed by atoms with Crippen LogP contribution in [0.25, 0.3) is 0 Å². The maximum absolute atomic E-state index is 3.69. The number of nitrogens with one attached hydrogen (secondary N) is 1. The molecular weight excluding hydrogens is 134 g/mol. The number of benzene rings is 1. The van der Waals surface area contributed by atoms with Gasteiger partial charge in [0.1, 0.15) is 0 Å². The van der Waals surface area contributed by atoms with Crippen molar-refractivity contribution in [2.24, 2.45) is 0 Å². The van der Waals surface area contributed by atoms with Crippen molar-refractivity contribution in [1.29, 1.82) is 0 Å². The van der Waals surface area contributed by atoms with Crippen LogP contribution in [-0.4, -0.2) is 6.04 Å². The van der Waals surface area contributed by atoms with E-state index in [0.29, 0.717) is 6.04 Å². The Bertz CT molecular complexity index is 216. The van der Waals surface area contributed by atoms with Crippen molar-refractivity contribution in [2.45, 2.75) is 13.0 Å². The summed E-state index contributed by atoms with van der Waals surface area (Å²) in [6, 6.07) is 10.4. The van der Waals surface area contributed by atoms with Crippen LogP contribution >= 0.6 is 0 Å². The molecule has 0 amide bonds. The minimum Gasteiger partial charge on any atom is -0.379 e. The van der Waals surface area contributed by atoms with E-state index in [2.05, 4.69) is 18.8 Å². The van der Waals surface area contributed by atoms with Gasteiger partial charge in [0.05, 0.1) is 0 Å². The second-order valence-corrected chi connectivity index (χ2v) is 2.53. The number of rotatable bonds is 3. The molecule has 1 aromatic rings. The zero-order chi connectivity index (χ0) is 8.10. The van der Waals surface area contributed by atoms with Gasteiger partial charge in [-0.1, -0.05) is 24.3 Å². The fourth-order valence-corrected chi connectivity index (χ4v) is 0.856. The summed E-state index contributed by atoms with van der Waals surface area (Å²) in [5.41, 5.74) is 1.14. The Morgan fingerprint density at radius 3 is 2.55 bits per heavy atom. The Balaban J connectivity index is 2.57. The minimum absolute atomic E-state index is 0.331. The van der Waals surface area contributed by atoms with Crippen molar-refractivity contribution in [3.63, 3.8) is 0 Å². The van der Waals surface area contributed by atoms with Crippen molar-refractivity contribution in [1.82, 2.24) is 0 Å². The van der Waals surface area contributed by atoms with E-state index in [4.69, 9.17) is 0 Å². The summed E-state index contributed by atoms with van der Waals surface area (Å²) >= 11 is 0.